The molecule has 0 N–H and O–H groups in total. The highest BCUT2D eigenvalue weighted by molar-refractivity contribution is 6.31. The second-order valence-electron chi connectivity index (χ2n) is 3.57. The number of benzene rings is 1. The van der Waals surface area contributed by atoms with Gasteiger partial charge in [-0.3, -0.25) is 0 Å². The standard InChI is InChI=1S/C12H14ClN/c1-2-3-7-14-8-6-10-4-5-11(13)9-12(10)14/h4-6,8-9H,2-3,7H2,1H3. The molecule has 0 atom stereocenters. The van der Waals surface area contributed by atoms with E-state index in [2.05, 4.69) is 29.8 Å². The molecule has 1 aromatic heterocycles. The smallest absolute Gasteiger partial charge is 0.0495 e. The SMILES string of the molecule is CCCCn1ccc2ccc(Cl)cc21. The summed E-state index contributed by atoms with van der Waals surface area (Å²) in [5, 5.41) is 2.08. The summed E-state index contributed by atoms with van der Waals surface area (Å²) in [6, 6.07) is 8.18. The Labute approximate surface area is 89.3 Å². The van der Waals surface area contributed by atoms with Crippen LogP contribution >= 0.6 is 11.6 Å². The van der Waals surface area contributed by atoms with E-state index in [-0.39, 0.29) is 0 Å². The number of fused-ring (bicyclic) bond motifs is 1. The molecule has 2 aromatic rings. The fraction of sp³-hybridized carbons (Fsp3) is 0.333. The van der Waals surface area contributed by atoms with Gasteiger partial charge in [0.2, 0.25) is 0 Å². The molecule has 0 fully saturated rings. The predicted molar refractivity (Wildman–Crippen MR) is 61.9 cm³/mol. The number of aryl methyl sites for hydroxylation is 1. The zero-order valence-corrected chi connectivity index (χ0v) is 9.09. The van der Waals surface area contributed by atoms with E-state index in [1.54, 1.807) is 0 Å². The van der Waals surface area contributed by atoms with E-state index in [0.29, 0.717) is 0 Å². The number of hydrogen-bond acceptors (Lipinski definition) is 0. The molecule has 0 bridgehead atoms. The third-order valence-electron chi connectivity index (χ3n) is 2.49. The van der Waals surface area contributed by atoms with Crippen molar-refractivity contribution < 1.29 is 0 Å². The van der Waals surface area contributed by atoms with Crippen molar-refractivity contribution in [3.8, 4) is 0 Å². The lowest BCUT2D eigenvalue weighted by Crippen LogP contribution is -1.94. The number of hydrogen-bond donors (Lipinski definition) is 0. The van der Waals surface area contributed by atoms with Gasteiger partial charge in [-0.2, -0.15) is 0 Å². The van der Waals surface area contributed by atoms with Crippen LogP contribution in [0.2, 0.25) is 5.02 Å². The summed E-state index contributed by atoms with van der Waals surface area (Å²) in [7, 11) is 0. The first-order chi connectivity index (χ1) is 6.81. The molecule has 2 rings (SSSR count). The zero-order chi connectivity index (χ0) is 9.97. The fourth-order valence-electron chi connectivity index (χ4n) is 1.68. The number of nitrogens with zero attached hydrogens (tertiary/aromatic N) is 1. The van der Waals surface area contributed by atoms with E-state index < -0.39 is 0 Å². The quantitative estimate of drug-likeness (QED) is 0.715. The average Bonchev–Trinajstić information content (AvgIpc) is 2.57. The molecule has 0 amide bonds. The Hall–Kier alpha value is -0.950. The fourth-order valence-corrected chi connectivity index (χ4v) is 1.85. The van der Waals surface area contributed by atoms with Gasteiger partial charge in [-0.05, 0) is 30.0 Å². The molecule has 0 aliphatic rings. The predicted octanol–water partition coefficient (Wildman–Crippen LogP) is 4.09. The maximum Gasteiger partial charge on any atom is 0.0495 e. The van der Waals surface area contributed by atoms with E-state index >= 15 is 0 Å². The van der Waals surface area contributed by atoms with Crippen molar-refractivity contribution in [2.24, 2.45) is 0 Å². The number of unbranched alkanes of at least 4 members (excludes halogenated alkanes) is 1. The van der Waals surface area contributed by atoms with Gasteiger partial charge in [0, 0.05) is 23.3 Å². The molecule has 14 heavy (non-hydrogen) atoms. The lowest BCUT2D eigenvalue weighted by atomic mass is 10.2. The van der Waals surface area contributed by atoms with Gasteiger partial charge >= 0.3 is 0 Å². The maximum absolute atomic E-state index is 5.97. The van der Waals surface area contributed by atoms with Crippen LogP contribution in [0.3, 0.4) is 0 Å². The molecule has 0 unspecified atom stereocenters. The topological polar surface area (TPSA) is 4.93 Å². The van der Waals surface area contributed by atoms with Crippen molar-refractivity contribution in [3.05, 3.63) is 35.5 Å². The molecule has 0 saturated carbocycles. The summed E-state index contributed by atoms with van der Waals surface area (Å²) in [5.41, 5.74) is 1.24. The molecule has 0 aliphatic carbocycles. The Bertz CT molecular complexity index is 431. The minimum Gasteiger partial charge on any atom is -0.347 e. The highest BCUT2D eigenvalue weighted by atomic mass is 35.5. The van der Waals surface area contributed by atoms with Crippen LogP contribution in [0.4, 0.5) is 0 Å². The van der Waals surface area contributed by atoms with E-state index in [0.717, 1.165) is 11.6 Å². The van der Waals surface area contributed by atoms with Gasteiger partial charge < -0.3 is 4.57 Å². The summed E-state index contributed by atoms with van der Waals surface area (Å²) >= 11 is 5.97. The van der Waals surface area contributed by atoms with Crippen LogP contribution in [0.15, 0.2) is 30.5 Å². The Morgan fingerprint density at radius 2 is 2.14 bits per heavy atom. The van der Waals surface area contributed by atoms with Gasteiger partial charge in [-0.1, -0.05) is 31.0 Å². The average molecular weight is 208 g/mol. The molecule has 0 spiro atoms. The molecule has 0 radical (unpaired) electrons. The van der Waals surface area contributed by atoms with E-state index in [9.17, 15) is 0 Å². The monoisotopic (exact) mass is 207 g/mol. The molecule has 1 heterocycles. The van der Waals surface area contributed by atoms with Gasteiger partial charge in [0.15, 0.2) is 0 Å². The lowest BCUT2D eigenvalue weighted by molar-refractivity contribution is 0.650. The van der Waals surface area contributed by atoms with Crippen molar-refractivity contribution in [1.82, 2.24) is 4.57 Å². The molecule has 1 aromatic carbocycles. The first-order valence-corrected chi connectivity index (χ1v) is 5.43. The Balaban J connectivity index is 2.40. The summed E-state index contributed by atoms with van der Waals surface area (Å²) in [5.74, 6) is 0. The van der Waals surface area contributed by atoms with Crippen LogP contribution in [-0.2, 0) is 6.54 Å². The first-order valence-electron chi connectivity index (χ1n) is 5.05. The Morgan fingerprint density at radius 3 is 2.93 bits per heavy atom. The van der Waals surface area contributed by atoms with E-state index in [4.69, 9.17) is 11.6 Å². The van der Waals surface area contributed by atoms with Gasteiger partial charge in [-0.15, -0.1) is 0 Å². The van der Waals surface area contributed by atoms with Crippen molar-refractivity contribution >= 4 is 22.5 Å². The minimum atomic E-state index is 0.814. The van der Waals surface area contributed by atoms with Crippen molar-refractivity contribution in [1.29, 1.82) is 0 Å². The van der Waals surface area contributed by atoms with Crippen LogP contribution in [0.1, 0.15) is 19.8 Å². The van der Waals surface area contributed by atoms with Crippen LogP contribution in [-0.4, -0.2) is 4.57 Å². The van der Waals surface area contributed by atoms with Crippen LogP contribution in [0, 0.1) is 0 Å². The zero-order valence-electron chi connectivity index (χ0n) is 8.33. The first kappa shape index (κ1) is 9.60. The third kappa shape index (κ3) is 1.78. The third-order valence-corrected chi connectivity index (χ3v) is 2.72. The highest BCUT2D eigenvalue weighted by Gasteiger charge is 2.00. The lowest BCUT2D eigenvalue weighted by Gasteiger charge is -2.03. The van der Waals surface area contributed by atoms with Crippen LogP contribution < -0.4 is 0 Å². The second kappa shape index (κ2) is 4.05. The number of halogens is 1. The van der Waals surface area contributed by atoms with Crippen molar-refractivity contribution in [2.45, 2.75) is 26.3 Å². The van der Waals surface area contributed by atoms with E-state index in [1.807, 2.05) is 12.1 Å². The van der Waals surface area contributed by atoms with Gasteiger partial charge in [0.25, 0.3) is 0 Å². The second-order valence-corrected chi connectivity index (χ2v) is 4.00. The summed E-state index contributed by atoms with van der Waals surface area (Å²) in [4.78, 5) is 0. The largest absolute Gasteiger partial charge is 0.347 e. The van der Waals surface area contributed by atoms with Crippen LogP contribution in [0.5, 0.6) is 0 Å². The minimum absolute atomic E-state index is 0.814. The molecular formula is C12H14ClN. The van der Waals surface area contributed by atoms with Crippen LogP contribution in [0.25, 0.3) is 10.9 Å². The number of rotatable bonds is 3. The van der Waals surface area contributed by atoms with Gasteiger partial charge in [0.05, 0.1) is 0 Å². The molecular weight excluding hydrogens is 194 g/mol. The summed E-state index contributed by atoms with van der Waals surface area (Å²) in [6.45, 7) is 3.29. The normalized spacial score (nSPS) is 11.0. The maximum atomic E-state index is 5.97. The highest BCUT2D eigenvalue weighted by Crippen LogP contribution is 2.20. The number of aromatic nitrogens is 1. The molecule has 1 nitrogen and oxygen atoms in total. The van der Waals surface area contributed by atoms with Gasteiger partial charge in [-0.25, -0.2) is 0 Å². The van der Waals surface area contributed by atoms with E-state index in [1.165, 1.54) is 23.7 Å². The van der Waals surface area contributed by atoms with Crippen molar-refractivity contribution in [2.75, 3.05) is 0 Å². The summed E-state index contributed by atoms with van der Waals surface area (Å²) < 4.78 is 2.27. The summed E-state index contributed by atoms with van der Waals surface area (Å²) in [6.07, 6.45) is 4.58. The molecule has 0 saturated heterocycles. The van der Waals surface area contributed by atoms with Gasteiger partial charge in [0.1, 0.15) is 0 Å². The molecule has 2 heteroatoms. The Morgan fingerprint density at radius 1 is 1.29 bits per heavy atom. The Kier molecular flexibility index (Phi) is 2.78. The molecule has 74 valence electrons. The van der Waals surface area contributed by atoms with Crippen molar-refractivity contribution in [3.63, 3.8) is 0 Å². The molecule has 0 aliphatic heterocycles.